The number of carbonyl (C=O) groups excluding carboxylic acids is 2. The van der Waals surface area contributed by atoms with Crippen LogP contribution in [0.25, 0.3) is 0 Å². The molecule has 4 heterocycles. The lowest BCUT2D eigenvalue weighted by atomic mass is 9.81. The molecule has 2 N–H and O–H groups in total. The highest BCUT2D eigenvalue weighted by molar-refractivity contribution is 6.00. The van der Waals surface area contributed by atoms with Crippen LogP contribution in [0.1, 0.15) is 43.6 Å². The molecule has 156 valence electrons. The van der Waals surface area contributed by atoms with Crippen molar-refractivity contribution in [3.05, 3.63) is 29.8 Å². The van der Waals surface area contributed by atoms with Crippen molar-refractivity contribution in [2.45, 2.75) is 38.0 Å². The highest BCUT2D eigenvalue weighted by Crippen LogP contribution is 2.35. The number of hydrogen-bond acceptors (Lipinski definition) is 5. The SMILES string of the molecule is O=C1CC[C@@H](c2ccc(N3CCC(CN4CCC5(CNC5)C4)CC3)cc2)C(=O)N1. The lowest BCUT2D eigenvalue weighted by molar-refractivity contribution is -0.134. The second-order valence-electron chi connectivity index (χ2n) is 9.61. The summed E-state index contributed by atoms with van der Waals surface area (Å²) in [5.41, 5.74) is 2.87. The summed E-state index contributed by atoms with van der Waals surface area (Å²) in [6, 6.07) is 8.43. The lowest BCUT2D eigenvalue weighted by Gasteiger charge is -2.40. The van der Waals surface area contributed by atoms with Gasteiger partial charge in [0, 0.05) is 56.8 Å². The zero-order valence-corrected chi connectivity index (χ0v) is 17.2. The zero-order chi connectivity index (χ0) is 19.8. The number of piperidine rings is 2. The van der Waals surface area contributed by atoms with Crippen molar-refractivity contribution in [1.82, 2.24) is 15.5 Å². The van der Waals surface area contributed by atoms with Crippen molar-refractivity contribution in [2.75, 3.05) is 50.7 Å². The number of nitrogens with one attached hydrogen (secondary N) is 2. The van der Waals surface area contributed by atoms with Crippen LogP contribution in [0.3, 0.4) is 0 Å². The Bertz CT molecular complexity index is 766. The molecular formula is C23H32N4O2. The minimum absolute atomic E-state index is 0.154. The second kappa shape index (κ2) is 7.73. The maximum absolute atomic E-state index is 12.1. The number of nitrogens with zero attached hydrogens (tertiary/aromatic N) is 2. The van der Waals surface area contributed by atoms with E-state index in [0.717, 1.165) is 24.6 Å². The minimum atomic E-state index is -0.192. The molecule has 0 unspecified atom stereocenters. The Balaban J connectivity index is 1.12. The first-order chi connectivity index (χ1) is 14.1. The van der Waals surface area contributed by atoms with Gasteiger partial charge in [0.25, 0.3) is 0 Å². The predicted molar refractivity (Wildman–Crippen MR) is 113 cm³/mol. The van der Waals surface area contributed by atoms with Crippen molar-refractivity contribution in [3.63, 3.8) is 0 Å². The quantitative estimate of drug-likeness (QED) is 0.759. The average molecular weight is 397 g/mol. The molecule has 1 aromatic rings. The molecule has 0 aromatic heterocycles. The van der Waals surface area contributed by atoms with E-state index in [1.807, 2.05) is 0 Å². The van der Waals surface area contributed by atoms with Crippen LogP contribution in [0.4, 0.5) is 5.69 Å². The molecule has 4 saturated heterocycles. The Kier molecular flexibility index (Phi) is 5.08. The lowest BCUT2D eigenvalue weighted by Crippen LogP contribution is -2.54. The summed E-state index contributed by atoms with van der Waals surface area (Å²) < 4.78 is 0. The van der Waals surface area contributed by atoms with Gasteiger partial charge < -0.3 is 15.1 Å². The first kappa shape index (κ1) is 19.1. The van der Waals surface area contributed by atoms with E-state index < -0.39 is 0 Å². The van der Waals surface area contributed by atoms with Crippen molar-refractivity contribution in [1.29, 1.82) is 0 Å². The van der Waals surface area contributed by atoms with Crippen LogP contribution in [0.15, 0.2) is 24.3 Å². The fourth-order valence-electron chi connectivity index (χ4n) is 5.62. The topological polar surface area (TPSA) is 64.7 Å². The van der Waals surface area contributed by atoms with Crippen LogP contribution in [-0.2, 0) is 9.59 Å². The van der Waals surface area contributed by atoms with E-state index in [1.54, 1.807) is 0 Å². The molecule has 4 fully saturated rings. The Morgan fingerprint density at radius 2 is 1.76 bits per heavy atom. The highest BCUT2D eigenvalue weighted by atomic mass is 16.2. The normalized spacial score (nSPS) is 27.9. The number of benzene rings is 1. The predicted octanol–water partition coefficient (Wildman–Crippen LogP) is 1.72. The monoisotopic (exact) mass is 396 g/mol. The first-order valence-electron chi connectivity index (χ1n) is 11.2. The average Bonchev–Trinajstić information content (AvgIpc) is 3.14. The third-order valence-electron chi connectivity index (χ3n) is 7.55. The van der Waals surface area contributed by atoms with Crippen molar-refractivity contribution < 1.29 is 9.59 Å². The molecule has 4 aliphatic rings. The van der Waals surface area contributed by atoms with Gasteiger partial charge in [-0.1, -0.05) is 12.1 Å². The molecule has 0 saturated carbocycles. The minimum Gasteiger partial charge on any atom is -0.372 e. The first-order valence-corrected chi connectivity index (χ1v) is 11.2. The number of rotatable bonds is 4. The molecule has 29 heavy (non-hydrogen) atoms. The van der Waals surface area contributed by atoms with E-state index in [9.17, 15) is 9.59 Å². The molecule has 5 rings (SSSR count). The Morgan fingerprint density at radius 3 is 2.38 bits per heavy atom. The van der Waals surface area contributed by atoms with E-state index in [-0.39, 0.29) is 17.7 Å². The maximum atomic E-state index is 12.1. The highest BCUT2D eigenvalue weighted by Gasteiger charge is 2.43. The van der Waals surface area contributed by atoms with Crippen LogP contribution in [0.2, 0.25) is 0 Å². The van der Waals surface area contributed by atoms with Gasteiger partial charge >= 0.3 is 0 Å². The van der Waals surface area contributed by atoms with E-state index in [0.29, 0.717) is 18.3 Å². The van der Waals surface area contributed by atoms with Gasteiger partial charge in [0.1, 0.15) is 0 Å². The molecule has 1 atom stereocenters. The molecule has 2 amide bonds. The van der Waals surface area contributed by atoms with Gasteiger partial charge in [-0.15, -0.1) is 0 Å². The van der Waals surface area contributed by atoms with E-state index in [4.69, 9.17) is 0 Å². The number of likely N-dealkylation sites (tertiary alicyclic amines) is 1. The Labute approximate surface area is 173 Å². The molecule has 4 aliphatic heterocycles. The van der Waals surface area contributed by atoms with Crippen LogP contribution in [0, 0.1) is 11.3 Å². The summed E-state index contributed by atoms with van der Waals surface area (Å²) in [4.78, 5) is 28.6. The number of anilines is 1. The molecule has 1 aromatic carbocycles. The largest absolute Gasteiger partial charge is 0.372 e. The summed E-state index contributed by atoms with van der Waals surface area (Å²) in [5, 5.41) is 5.91. The third kappa shape index (κ3) is 3.92. The second-order valence-corrected chi connectivity index (χ2v) is 9.61. The molecule has 0 bridgehead atoms. The van der Waals surface area contributed by atoms with Crippen LogP contribution < -0.4 is 15.5 Å². The molecule has 6 heteroatoms. The van der Waals surface area contributed by atoms with Gasteiger partial charge in [-0.25, -0.2) is 0 Å². The summed E-state index contributed by atoms with van der Waals surface area (Å²) in [7, 11) is 0. The van der Waals surface area contributed by atoms with Crippen molar-refractivity contribution in [3.8, 4) is 0 Å². The fraction of sp³-hybridized carbons (Fsp3) is 0.652. The summed E-state index contributed by atoms with van der Waals surface area (Å²) in [5.74, 6) is 0.315. The standard InChI is InChI=1S/C23H32N4O2/c28-21-6-5-20(22(29)25-21)18-1-3-19(4-2-18)27-10-7-17(8-11-27)13-26-12-9-23(16-26)14-24-15-23/h1-4,17,20,24H,5-16H2,(H,25,28,29)/t20-/m0/s1. The number of amides is 2. The fourth-order valence-corrected chi connectivity index (χ4v) is 5.62. The van der Waals surface area contributed by atoms with Gasteiger partial charge in [-0.05, 0) is 55.8 Å². The van der Waals surface area contributed by atoms with Crippen LogP contribution in [0.5, 0.6) is 0 Å². The molecule has 6 nitrogen and oxygen atoms in total. The van der Waals surface area contributed by atoms with Gasteiger partial charge in [-0.3, -0.25) is 14.9 Å². The zero-order valence-electron chi connectivity index (χ0n) is 17.2. The number of hydrogen-bond donors (Lipinski definition) is 2. The molecular weight excluding hydrogens is 364 g/mol. The summed E-state index contributed by atoms with van der Waals surface area (Å²) >= 11 is 0. The third-order valence-corrected chi connectivity index (χ3v) is 7.55. The number of carbonyl (C=O) groups is 2. The van der Waals surface area contributed by atoms with Crippen molar-refractivity contribution in [2.24, 2.45) is 11.3 Å². The maximum Gasteiger partial charge on any atom is 0.234 e. The smallest absolute Gasteiger partial charge is 0.234 e. The molecule has 0 aliphatic carbocycles. The van der Waals surface area contributed by atoms with Crippen molar-refractivity contribution >= 4 is 17.5 Å². The van der Waals surface area contributed by atoms with Crippen LogP contribution in [-0.4, -0.2) is 62.5 Å². The van der Waals surface area contributed by atoms with Gasteiger partial charge in [0.2, 0.25) is 11.8 Å². The Hall–Kier alpha value is -1.92. The van der Waals surface area contributed by atoms with Gasteiger partial charge in [-0.2, -0.15) is 0 Å². The summed E-state index contributed by atoms with van der Waals surface area (Å²) in [6.45, 7) is 8.51. The molecule has 0 radical (unpaired) electrons. The van der Waals surface area contributed by atoms with Gasteiger partial charge in [0.05, 0.1) is 5.92 Å². The van der Waals surface area contributed by atoms with E-state index in [1.165, 1.54) is 57.7 Å². The molecule has 1 spiro atoms. The number of imide groups is 1. The Morgan fingerprint density at radius 1 is 1.00 bits per heavy atom. The van der Waals surface area contributed by atoms with E-state index in [2.05, 4.69) is 44.7 Å². The van der Waals surface area contributed by atoms with Crippen LogP contribution >= 0.6 is 0 Å². The summed E-state index contributed by atoms with van der Waals surface area (Å²) in [6.07, 6.45) is 4.94. The van der Waals surface area contributed by atoms with Gasteiger partial charge in [0.15, 0.2) is 0 Å². The van der Waals surface area contributed by atoms with E-state index >= 15 is 0 Å².